The van der Waals surface area contributed by atoms with E-state index in [1.807, 2.05) is 31.2 Å². The van der Waals surface area contributed by atoms with Crippen LogP contribution >= 0.6 is 23.1 Å². The zero-order chi connectivity index (χ0) is 22.4. The van der Waals surface area contributed by atoms with E-state index in [2.05, 4.69) is 20.3 Å². The maximum absolute atomic E-state index is 12.7. The van der Waals surface area contributed by atoms with Gasteiger partial charge in [-0.25, -0.2) is 12.7 Å². The molecule has 1 fully saturated rings. The number of benzene rings is 1. The highest BCUT2D eigenvalue weighted by Gasteiger charge is 2.31. The van der Waals surface area contributed by atoms with Crippen LogP contribution in [0.2, 0.25) is 0 Å². The molecule has 12 heteroatoms. The van der Waals surface area contributed by atoms with Gasteiger partial charge < -0.3 is 10.1 Å². The van der Waals surface area contributed by atoms with Crippen LogP contribution < -0.4 is 5.32 Å². The number of aromatic nitrogens is 2. The number of carbonyl (C=O) groups excluding carboxylic acids is 2. The van der Waals surface area contributed by atoms with Gasteiger partial charge in [0.15, 0.2) is 4.34 Å². The van der Waals surface area contributed by atoms with E-state index in [1.54, 1.807) is 0 Å². The molecule has 0 atom stereocenters. The number of sulfonamides is 1. The van der Waals surface area contributed by atoms with Crippen LogP contribution in [-0.4, -0.2) is 60.7 Å². The van der Waals surface area contributed by atoms with Gasteiger partial charge in [-0.3, -0.25) is 9.59 Å². The molecule has 1 aromatic heterocycles. The molecule has 1 aliphatic rings. The third-order valence-corrected chi connectivity index (χ3v) is 8.66. The maximum Gasteiger partial charge on any atom is 0.316 e. The van der Waals surface area contributed by atoms with Crippen LogP contribution in [0.3, 0.4) is 0 Å². The first-order chi connectivity index (χ1) is 14.8. The van der Waals surface area contributed by atoms with Crippen molar-refractivity contribution < 1.29 is 22.7 Å². The molecule has 0 unspecified atom stereocenters. The predicted octanol–water partition coefficient (Wildman–Crippen LogP) is 2.29. The molecule has 2 aromatic rings. The second-order valence-electron chi connectivity index (χ2n) is 7.14. The number of anilines is 1. The standard InChI is InChI=1S/C19H24N4O5S3/c1-13-3-5-14(6-4-13)12-31(26,27)23-9-7-15(8-10-23)17(25)20-18-21-22-19(30-18)29-11-16(24)28-2/h3-6,15H,7-12H2,1-2H3,(H,20,21,25). The van der Waals surface area contributed by atoms with Crippen LogP contribution in [0.25, 0.3) is 0 Å². The van der Waals surface area contributed by atoms with Crippen molar-refractivity contribution in [3.63, 3.8) is 0 Å². The van der Waals surface area contributed by atoms with Crippen molar-refractivity contribution in [1.29, 1.82) is 0 Å². The van der Waals surface area contributed by atoms with Crippen molar-refractivity contribution >= 4 is 50.1 Å². The summed E-state index contributed by atoms with van der Waals surface area (Å²) in [7, 11) is -2.12. The average molecular weight is 485 g/mol. The summed E-state index contributed by atoms with van der Waals surface area (Å²) in [5, 5.41) is 10.9. The van der Waals surface area contributed by atoms with Crippen molar-refractivity contribution in [3.05, 3.63) is 35.4 Å². The third kappa shape index (κ3) is 6.73. The highest BCUT2D eigenvalue weighted by atomic mass is 32.2. The lowest BCUT2D eigenvalue weighted by Gasteiger charge is -2.30. The number of amides is 1. The molecule has 2 heterocycles. The number of hydrogen-bond donors (Lipinski definition) is 1. The van der Waals surface area contributed by atoms with Gasteiger partial charge in [0.1, 0.15) is 0 Å². The average Bonchev–Trinajstić information content (AvgIpc) is 3.20. The smallest absolute Gasteiger partial charge is 0.316 e. The van der Waals surface area contributed by atoms with Crippen molar-refractivity contribution in [2.45, 2.75) is 29.9 Å². The van der Waals surface area contributed by atoms with Gasteiger partial charge >= 0.3 is 5.97 Å². The predicted molar refractivity (Wildman–Crippen MR) is 119 cm³/mol. The number of aryl methyl sites for hydroxylation is 1. The zero-order valence-electron chi connectivity index (χ0n) is 17.2. The number of thioether (sulfide) groups is 1. The molecule has 1 amide bonds. The Morgan fingerprint density at radius 3 is 2.55 bits per heavy atom. The van der Waals surface area contributed by atoms with E-state index in [-0.39, 0.29) is 29.3 Å². The first kappa shape index (κ1) is 23.6. The molecular formula is C19H24N4O5S3. The fraction of sp³-hybridized carbons (Fsp3) is 0.474. The van der Waals surface area contributed by atoms with Crippen LogP contribution in [0.1, 0.15) is 24.0 Å². The molecule has 0 aliphatic carbocycles. The first-order valence-electron chi connectivity index (χ1n) is 9.64. The summed E-state index contributed by atoms with van der Waals surface area (Å²) in [5.74, 6) is -0.776. The van der Waals surface area contributed by atoms with Crippen LogP contribution in [0, 0.1) is 12.8 Å². The van der Waals surface area contributed by atoms with E-state index in [0.717, 1.165) is 11.1 Å². The van der Waals surface area contributed by atoms with Crippen molar-refractivity contribution in [2.75, 3.05) is 31.3 Å². The van der Waals surface area contributed by atoms with Gasteiger partial charge in [0, 0.05) is 19.0 Å². The Bertz CT molecular complexity index is 1020. The number of piperidine rings is 1. The lowest BCUT2D eigenvalue weighted by molar-refractivity contribution is -0.137. The zero-order valence-corrected chi connectivity index (χ0v) is 19.7. The summed E-state index contributed by atoms with van der Waals surface area (Å²) in [6.45, 7) is 2.57. The van der Waals surface area contributed by atoms with E-state index in [0.29, 0.717) is 35.4 Å². The molecule has 1 aliphatic heterocycles. The second-order valence-corrected chi connectivity index (χ2v) is 11.3. The highest BCUT2D eigenvalue weighted by molar-refractivity contribution is 8.01. The summed E-state index contributed by atoms with van der Waals surface area (Å²) in [5.41, 5.74) is 1.83. The Balaban J connectivity index is 1.48. The van der Waals surface area contributed by atoms with E-state index in [9.17, 15) is 18.0 Å². The summed E-state index contributed by atoms with van der Waals surface area (Å²) in [4.78, 5) is 23.7. The summed E-state index contributed by atoms with van der Waals surface area (Å²) >= 11 is 2.37. The lowest BCUT2D eigenvalue weighted by atomic mass is 9.97. The fourth-order valence-corrected chi connectivity index (χ4v) is 6.24. The van der Waals surface area contributed by atoms with Gasteiger partial charge in [0.25, 0.3) is 0 Å². The Morgan fingerprint density at radius 1 is 1.23 bits per heavy atom. The minimum Gasteiger partial charge on any atom is -0.468 e. The molecule has 0 radical (unpaired) electrons. The van der Waals surface area contributed by atoms with E-state index >= 15 is 0 Å². The summed E-state index contributed by atoms with van der Waals surface area (Å²) in [6, 6.07) is 7.45. The normalized spacial score (nSPS) is 15.5. The lowest BCUT2D eigenvalue weighted by Crippen LogP contribution is -2.41. The Labute approximate surface area is 189 Å². The number of esters is 1. The Hall–Kier alpha value is -2.02. The molecule has 31 heavy (non-hydrogen) atoms. The molecule has 1 aromatic carbocycles. The molecule has 0 saturated carbocycles. The Kier molecular flexibility index (Phi) is 8.03. The van der Waals surface area contributed by atoms with Crippen molar-refractivity contribution in [3.8, 4) is 0 Å². The molecule has 0 spiro atoms. The summed E-state index contributed by atoms with van der Waals surface area (Å²) in [6.07, 6.45) is 0.892. The highest BCUT2D eigenvalue weighted by Crippen LogP contribution is 2.27. The van der Waals surface area contributed by atoms with Crippen LogP contribution in [-0.2, 0) is 30.1 Å². The minimum atomic E-state index is -3.43. The number of methoxy groups -OCH3 is 1. The molecule has 168 valence electrons. The maximum atomic E-state index is 12.7. The quantitative estimate of drug-likeness (QED) is 0.344. The van der Waals surface area contributed by atoms with Gasteiger partial charge in [-0.15, -0.1) is 10.2 Å². The SMILES string of the molecule is COC(=O)CSc1nnc(NC(=O)C2CCN(S(=O)(=O)Cc3ccc(C)cc3)CC2)s1. The molecule has 0 bridgehead atoms. The minimum absolute atomic E-state index is 0.0407. The second kappa shape index (κ2) is 10.5. The number of nitrogens with one attached hydrogen (secondary N) is 1. The number of ether oxygens (including phenoxy) is 1. The molecule has 1 saturated heterocycles. The largest absolute Gasteiger partial charge is 0.468 e. The topological polar surface area (TPSA) is 119 Å². The van der Waals surface area contributed by atoms with E-state index in [1.165, 1.54) is 34.5 Å². The van der Waals surface area contributed by atoms with Gasteiger partial charge in [0.2, 0.25) is 21.1 Å². The van der Waals surface area contributed by atoms with E-state index < -0.39 is 10.0 Å². The van der Waals surface area contributed by atoms with Crippen LogP contribution in [0.5, 0.6) is 0 Å². The number of rotatable bonds is 8. The number of carbonyl (C=O) groups is 2. The molecular weight excluding hydrogens is 460 g/mol. The van der Waals surface area contributed by atoms with Gasteiger partial charge in [-0.2, -0.15) is 0 Å². The van der Waals surface area contributed by atoms with E-state index in [4.69, 9.17) is 0 Å². The van der Waals surface area contributed by atoms with Gasteiger partial charge in [-0.1, -0.05) is 52.9 Å². The number of nitrogens with zero attached hydrogens (tertiary/aromatic N) is 3. The molecule has 1 N–H and O–H groups in total. The molecule has 9 nitrogen and oxygen atoms in total. The van der Waals surface area contributed by atoms with Crippen molar-refractivity contribution in [2.24, 2.45) is 5.92 Å². The monoisotopic (exact) mass is 484 g/mol. The number of hydrogen-bond acceptors (Lipinski definition) is 9. The fourth-order valence-electron chi connectivity index (χ4n) is 3.09. The van der Waals surface area contributed by atoms with Gasteiger partial charge in [0.05, 0.1) is 18.6 Å². The van der Waals surface area contributed by atoms with Crippen molar-refractivity contribution in [1.82, 2.24) is 14.5 Å². The summed E-state index contributed by atoms with van der Waals surface area (Å²) < 4.78 is 32.0. The van der Waals surface area contributed by atoms with Crippen LogP contribution in [0.4, 0.5) is 5.13 Å². The first-order valence-corrected chi connectivity index (χ1v) is 13.1. The third-order valence-electron chi connectivity index (χ3n) is 4.87. The van der Waals surface area contributed by atoms with Gasteiger partial charge in [-0.05, 0) is 25.3 Å². The van der Waals surface area contributed by atoms with Crippen LogP contribution in [0.15, 0.2) is 28.6 Å². The molecule has 3 rings (SSSR count). The Morgan fingerprint density at radius 2 is 1.90 bits per heavy atom.